The summed E-state index contributed by atoms with van der Waals surface area (Å²) in [6.07, 6.45) is 0. The summed E-state index contributed by atoms with van der Waals surface area (Å²) in [5, 5.41) is 11.7. The van der Waals surface area contributed by atoms with Gasteiger partial charge in [-0.25, -0.2) is 4.79 Å². The molecule has 2 aromatic carbocycles. The Hall–Kier alpha value is -2.86. The number of rotatable bonds is 7. The lowest BCUT2D eigenvalue weighted by molar-refractivity contribution is 0.0698. The minimum absolute atomic E-state index is 0.0420. The highest BCUT2D eigenvalue weighted by Gasteiger charge is 2.12. The summed E-state index contributed by atoms with van der Waals surface area (Å²) in [4.78, 5) is 23.3. The summed E-state index contributed by atoms with van der Waals surface area (Å²) >= 11 is 0. The molecule has 0 saturated heterocycles. The lowest BCUT2D eigenvalue weighted by atomic mass is 10.1. The maximum atomic E-state index is 12.2. The first kappa shape index (κ1) is 16.5. The minimum Gasteiger partial charge on any atom is -0.491 e. The van der Waals surface area contributed by atoms with Crippen molar-refractivity contribution < 1.29 is 24.2 Å². The largest absolute Gasteiger partial charge is 0.491 e. The highest BCUT2D eigenvalue weighted by Crippen LogP contribution is 2.17. The van der Waals surface area contributed by atoms with E-state index in [4.69, 9.17) is 14.6 Å². The number of hydrogen-bond donors (Lipinski definition) is 2. The van der Waals surface area contributed by atoms with Crippen molar-refractivity contribution in [1.29, 1.82) is 0 Å². The van der Waals surface area contributed by atoms with Gasteiger partial charge in [-0.2, -0.15) is 0 Å². The van der Waals surface area contributed by atoms with Gasteiger partial charge < -0.3 is 19.9 Å². The molecule has 1 amide bonds. The van der Waals surface area contributed by atoms with Gasteiger partial charge >= 0.3 is 5.97 Å². The number of benzene rings is 2. The summed E-state index contributed by atoms with van der Waals surface area (Å²) < 4.78 is 10.3. The monoisotopic (exact) mass is 315 g/mol. The van der Waals surface area contributed by atoms with Crippen LogP contribution in [0.1, 0.15) is 20.7 Å². The average Bonchev–Trinajstić information content (AvgIpc) is 2.56. The topological polar surface area (TPSA) is 84.9 Å². The second kappa shape index (κ2) is 7.95. The Kier molecular flexibility index (Phi) is 5.71. The van der Waals surface area contributed by atoms with Crippen LogP contribution in [0.25, 0.3) is 0 Å². The van der Waals surface area contributed by atoms with Crippen molar-refractivity contribution in [3.63, 3.8) is 0 Å². The molecule has 0 aliphatic carbocycles. The van der Waals surface area contributed by atoms with E-state index in [0.717, 1.165) is 0 Å². The number of hydrogen-bond acceptors (Lipinski definition) is 4. The summed E-state index contributed by atoms with van der Waals surface area (Å²) in [5.41, 5.74) is 0.704. The smallest absolute Gasteiger partial charge is 0.337 e. The third kappa shape index (κ3) is 4.55. The molecule has 2 aromatic rings. The van der Waals surface area contributed by atoms with Gasteiger partial charge in [0.2, 0.25) is 0 Å². The number of amides is 1. The molecular formula is C17H17NO5. The number of para-hydroxylation sites is 1. The lowest BCUT2D eigenvalue weighted by Crippen LogP contribution is -2.14. The van der Waals surface area contributed by atoms with Gasteiger partial charge in [0.25, 0.3) is 5.91 Å². The first-order chi connectivity index (χ1) is 11.1. The fourth-order valence-electron chi connectivity index (χ4n) is 1.92. The van der Waals surface area contributed by atoms with Gasteiger partial charge in [0.05, 0.1) is 17.9 Å². The predicted octanol–water partition coefficient (Wildman–Crippen LogP) is 2.66. The number of carboxylic acid groups (broad SMARTS) is 1. The SMILES string of the molecule is COCCOc1ccc(C(=O)Nc2ccccc2C(=O)O)cc1. The van der Waals surface area contributed by atoms with Crippen LogP contribution < -0.4 is 10.1 Å². The molecule has 0 spiro atoms. The quantitative estimate of drug-likeness (QED) is 0.767. The van der Waals surface area contributed by atoms with Crippen molar-refractivity contribution in [2.75, 3.05) is 25.6 Å². The van der Waals surface area contributed by atoms with Crippen LogP contribution in [0.2, 0.25) is 0 Å². The zero-order chi connectivity index (χ0) is 16.7. The highest BCUT2D eigenvalue weighted by atomic mass is 16.5. The van der Waals surface area contributed by atoms with E-state index in [1.807, 2.05) is 0 Å². The van der Waals surface area contributed by atoms with Gasteiger partial charge in [-0.3, -0.25) is 4.79 Å². The Morgan fingerprint density at radius 3 is 2.39 bits per heavy atom. The third-order valence-electron chi connectivity index (χ3n) is 3.08. The molecule has 0 aliphatic rings. The summed E-state index contributed by atoms with van der Waals surface area (Å²) in [7, 11) is 1.59. The average molecular weight is 315 g/mol. The Balaban J connectivity index is 2.05. The van der Waals surface area contributed by atoms with E-state index in [1.165, 1.54) is 6.07 Å². The fraction of sp³-hybridized carbons (Fsp3) is 0.176. The van der Waals surface area contributed by atoms with Crippen LogP contribution in [-0.4, -0.2) is 37.3 Å². The maximum absolute atomic E-state index is 12.2. The number of ether oxygens (including phenoxy) is 2. The van der Waals surface area contributed by atoms with Crippen molar-refractivity contribution in [1.82, 2.24) is 0 Å². The summed E-state index contributed by atoms with van der Waals surface area (Å²) in [6, 6.07) is 12.8. The molecule has 0 heterocycles. The Morgan fingerprint density at radius 1 is 1.04 bits per heavy atom. The number of carboxylic acids is 1. The minimum atomic E-state index is -1.09. The summed E-state index contributed by atoms with van der Waals surface area (Å²) in [5.74, 6) is -0.852. The molecule has 6 nitrogen and oxygen atoms in total. The van der Waals surface area contributed by atoms with Crippen molar-refractivity contribution in [2.45, 2.75) is 0 Å². The first-order valence-corrected chi connectivity index (χ1v) is 6.97. The van der Waals surface area contributed by atoms with Gasteiger partial charge in [-0.15, -0.1) is 0 Å². The zero-order valence-electron chi connectivity index (χ0n) is 12.6. The number of nitrogens with one attached hydrogen (secondary N) is 1. The molecule has 120 valence electrons. The van der Waals surface area contributed by atoms with E-state index in [1.54, 1.807) is 49.6 Å². The van der Waals surface area contributed by atoms with Crippen LogP contribution in [0.15, 0.2) is 48.5 Å². The molecule has 0 aliphatic heterocycles. The van der Waals surface area contributed by atoms with Crippen molar-refractivity contribution >= 4 is 17.6 Å². The van der Waals surface area contributed by atoms with Gasteiger partial charge in [0, 0.05) is 12.7 Å². The van der Waals surface area contributed by atoms with Gasteiger partial charge in [0.15, 0.2) is 0 Å². The van der Waals surface area contributed by atoms with Crippen LogP contribution >= 0.6 is 0 Å². The molecule has 0 fully saturated rings. The molecule has 0 bridgehead atoms. The molecule has 2 rings (SSSR count). The first-order valence-electron chi connectivity index (χ1n) is 6.97. The highest BCUT2D eigenvalue weighted by molar-refractivity contribution is 6.07. The fourth-order valence-corrected chi connectivity index (χ4v) is 1.92. The van der Waals surface area contributed by atoms with E-state index in [2.05, 4.69) is 5.32 Å². The number of carbonyl (C=O) groups is 2. The summed E-state index contributed by atoms with van der Waals surface area (Å²) in [6.45, 7) is 0.905. The standard InChI is InChI=1S/C17H17NO5/c1-22-10-11-23-13-8-6-12(7-9-13)16(19)18-15-5-3-2-4-14(15)17(20)21/h2-9H,10-11H2,1H3,(H,18,19)(H,20,21). The number of carbonyl (C=O) groups excluding carboxylic acids is 1. The predicted molar refractivity (Wildman–Crippen MR) is 85.2 cm³/mol. The number of methoxy groups -OCH3 is 1. The van der Waals surface area contributed by atoms with Crippen LogP contribution in [0.5, 0.6) is 5.75 Å². The molecule has 23 heavy (non-hydrogen) atoms. The van der Waals surface area contributed by atoms with Crippen molar-refractivity contribution in [3.8, 4) is 5.75 Å². The van der Waals surface area contributed by atoms with E-state index in [9.17, 15) is 9.59 Å². The van der Waals surface area contributed by atoms with E-state index in [0.29, 0.717) is 24.5 Å². The zero-order valence-corrected chi connectivity index (χ0v) is 12.6. The van der Waals surface area contributed by atoms with Crippen LogP contribution in [0.3, 0.4) is 0 Å². The molecule has 0 unspecified atom stereocenters. The van der Waals surface area contributed by atoms with Crippen molar-refractivity contribution in [2.24, 2.45) is 0 Å². The lowest BCUT2D eigenvalue weighted by Gasteiger charge is -2.09. The van der Waals surface area contributed by atoms with Crippen LogP contribution in [0.4, 0.5) is 5.69 Å². The van der Waals surface area contributed by atoms with Gasteiger partial charge in [0.1, 0.15) is 12.4 Å². The molecule has 0 aromatic heterocycles. The number of aromatic carboxylic acids is 1. The Bertz CT molecular complexity index is 682. The van der Waals surface area contributed by atoms with E-state index >= 15 is 0 Å². The van der Waals surface area contributed by atoms with Crippen molar-refractivity contribution in [3.05, 3.63) is 59.7 Å². The van der Waals surface area contributed by atoms with Crippen LogP contribution in [-0.2, 0) is 4.74 Å². The second-order valence-electron chi connectivity index (χ2n) is 4.67. The van der Waals surface area contributed by atoms with Crippen LogP contribution in [0, 0.1) is 0 Å². The molecule has 2 N–H and O–H groups in total. The normalized spacial score (nSPS) is 10.1. The number of anilines is 1. The Morgan fingerprint density at radius 2 is 1.74 bits per heavy atom. The Labute approximate surface area is 133 Å². The molecule has 0 radical (unpaired) electrons. The van der Waals surface area contributed by atoms with Gasteiger partial charge in [-0.05, 0) is 36.4 Å². The second-order valence-corrected chi connectivity index (χ2v) is 4.67. The molecule has 6 heteroatoms. The molecular weight excluding hydrogens is 298 g/mol. The molecule has 0 saturated carbocycles. The van der Waals surface area contributed by atoms with E-state index in [-0.39, 0.29) is 17.2 Å². The molecule has 0 atom stereocenters. The van der Waals surface area contributed by atoms with Gasteiger partial charge in [-0.1, -0.05) is 12.1 Å². The van der Waals surface area contributed by atoms with E-state index < -0.39 is 5.97 Å². The third-order valence-corrected chi connectivity index (χ3v) is 3.08. The maximum Gasteiger partial charge on any atom is 0.337 e.